The molecule has 0 saturated carbocycles. The van der Waals surface area contributed by atoms with Gasteiger partial charge in [0.25, 0.3) is 5.69 Å². The van der Waals surface area contributed by atoms with Crippen LogP contribution in [0.2, 0.25) is 5.02 Å². The lowest BCUT2D eigenvalue weighted by atomic mass is 9.80. The standard InChI is InChI=1S/C16H14ClN5O3S/c1-26-16-19-15-18-11-3-2-4-12(23)13(11)14(21(15)20-16)9-7-8(22(24)25)5-6-10(9)17/h3,5-7,13-14H,2,4H2,1H3,(H,18,19,20)/t13-,14-/m0/s1. The topological polar surface area (TPSA) is 103 Å². The molecule has 0 fully saturated rings. The van der Waals surface area contributed by atoms with Crippen molar-refractivity contribution in [3.05, 3.63) is 50.7 Å². The maximum Gasteiger partial charge on any atom is 0.269 e. The van der Waals surface area contributed by atoms with Gasteiger partial charge in [-0.1, -0.05) is 29.4 Å². The fourth-order valence-electron chi connectivity index (χ4n) is 3.42. The molecule has 10 heteroatoms. The summed E-state index contributed by atoms with van der Waals surface area (Å²) in [5.74, 6) is 0.0284. The van der Waals surface area contributed by atoms with Crippen LogP contribution in [0.15, 0.2) is 35.1 Å². The van der Waals surface area contributed by atoms with Crippen molar-refractivity contribution >= 4 is 40.8 Å². The number of benzene rings is 1. The number of halogens is 1. The average molecular weight is 392 g/mol. The second-order valence-electron chi connectivity index (χ2n) is 6.04. The zero-order valence-electron chi connectivity index (χ0n) is 13.7. The first kappa shape index (κ1) is 17.0. The number of carbonyl (C=O) groups excluding carboxylic acids is 1. The third-order valence-corrected chi connectivity index (χ3v) is 5.46. The van der Waals surface area contributed by atoms with Crippen molar-refractivity contribution in [2.45, 2.75) is 24.0 Å². The molecule has 1 aliphatic carbocycles. The summed E-state index contributed by atoms with van der Waals surface area (Å²) in [6.07, 6.45) is 4.89. The number of nitrogens with zero attached hydrogens (tertiary/aromatic N) is 4. The Kier molecular flexibility index (Phi) is 4.20. The van der Waals surface area contributed by atoms with Crippen LogP contribution in [0.3, 0.4) is 0 Å². The predicted octanol–water partition coefficient (Wildman–Crippen LogP) is 3.44. The van der Waals surface area contributed by atoms with Gasteiger partial charge in [0.05, 0.1) is 16.9 Å². The van der Waals surface area contributed by atoms with E-state index in [1.807, 2.05) is 12.3 Å². The monoisotopic (exact) mass is 391 g/mol. The first-order valence-corrected chi connectivity index (χ1v) is 9.54. The highest BCUT2D eigenvalue weighted by Gasteiger charge is 2.42. The lowest BCUT2D eigenvalue weighted by Crippen LogP contribution is -2.39. The van der Waals surface area contributed by atoms with Crippen molar-refractivity contribution in [2.75, 3.05) is 11.6 Å². The molecule has 0 saturated heterocycles. The molecule has 4 rings (SSSR count). The van der Waals surface area contributed by atoms with Crippen LogP contribution in [-0.4, -0.2) is 31.7 Å². The molecule has 8 nitrogen and oxygen atoms in total. The quantitative estimate of drug-likeness (QED) is 0.485. The highest BCUT2D eigenvalue weighted by molar-refractivity contribution is 7.98. The van der Waals surface area contributed by atoms with E-state index in [0.29, 0.717) is 34.5 Å². The third-order valence-electron chi connectivity index (χ3n) is 4.58. The van der Waals surface area contributed by atoms with Crippen LogP contribution in [0.25, 0.3) is 0 Å². The minimum atomic E-state index is -0.578. The van der Waals surface area contributed by atoms with Crippen molar-refractivity contribution in [3.8, 4) is 0 Å². The molecule has 26 heavy (non-hydrogen) atoms. The van der Waals surface area contributed by atoms with E-state index >= 15 is 0 Å². The lowest BCUT2D eigenvalue weighted by Gasteiger charge is -2.36. The normalized spacial score (nSPS) is 21.5. The molecule has 2 heterocycles. The SMILES string of the molecule is CSc1nc2n(n1)[C@@H](c1cc([N+](=O)[O-])ccc1Cl)[C@@H]1C(=O)CCC=C1N2. The van der Waals surface area contributed by atoms with Crippen molar-refractivity contribution in [3.63, 3.8) is 0 Å². The number of nitro groups is 1. The number of anilines is 1. The number of non-ortho nitro benzene ring substituents is 1. The summed E-state index contributed by atoms with van der Waals surface area (Å²) in [4.78, 5) is 27.9. The first-order valence-electron chi connectivity index (χ1n) is 7.93. The molecule has 0 radical (unpaired) electrons. The zero-order valence-corrected chi connectivity index (χ0v) is 15.3. The van der Waals surface area contributed by atoms with Crippen LogP contribution < -0.4 is 5.32 Å². The van der Waals surface area contributed by atoms with Gasteiger partial charge in [-0.25, -0.2) is 4.68 Å². The number of nitro benzene ring substituents is 1. The molecule has 1 aromatic carbocycles. The van der Waals surface area contributed by atoms with Crippen molar-refractivity contribution in [2.24, 2.45) is 5.92 Å². The van der Waals surface area contributed by atoms with Gasteiger partial charge in [-0.2, -0.15) is 4.98 Å². The molecule has 134 valence electrons. The third kappa shape index (κ3) is 2.67. The number of hydrogen-bond acceptors (Lipinski definition) is 7. The first-order chi connectivity index (χ1) is 12.5. The summed E-state index contributed by atoms with van der Waals surface area (Å²) < 4.78 is 1.61. The number of allylic oxidation sites excluding steroid dienone is 2. The molecule has 1 aliphatic heterocycles. The van der Waals surface area contributed by atoms with Crippen LogP contribution in [0.4, 0.5) is 11.6 Å². The maximum atomic E-state index is 12.7. The van der Waals surface area contributed by atoms with Gasteiger partial charge in [0, 0.05) is 34.8 Å². The molecule has 1 aromatic heterocycles. The average Bonchev–Trinajstić information content (AvgIpc) is 3.03. The summed E-state index contributed by atoms with van der Waals surface area (Å²) in [6, 6.07) is 3.68. The van der Waals surface area contributed by atoms with Gasteiger partial charge in [0.15, 0.2) is 0 Å². The number of aromatic nitrogens is 3. The van der Waals surface area contributed by atoms with Gasteiger partial charge in [0.2, 0.25) is 11.1 Å². The van der Waals surface area contributed by atoms with Crippen LogP contribution in [0.5, 0.6) is 0 Å². The van der Waals surface area contributed by atoms with Gasteiger partial charge < -0.3 is 5.32 Å². The minimum absolute atomic E-state index is 0.0504. The number of hydrogen-bond donors (Lipinski definition) is 1. The van der Waals surface area contributed by atoms with Crippen LogP contribution in [0.1, 0.15) is 24.4 Å². The van der Waals surface area contributed by atoms with Crippen LogP contribution in [-0.2, 0) is 4.79 Å². The number of nitrogens with one attached hydrogen (secondary N) is 1. The van der Waals surface area contributed by atoms with E-state index in [1.54, 1.807) is 4.68 Å². The number of rotatable bonds is 3. The van der Waals surface area contributed by atoms with Crippen molar-refractivity contribution < 1.29 is 9.72 Å². The molecular weight excluding hydrogens is 378 g/mol. The fraction of sp³-hybridized carbons (Fsp3) is 0.312. The van der Waals surface area contributed by atoms with E-state index in [4.69, 9.17) is 11.6 Å². The summed E-state index contributed by atoms with van der Waals surface area (Å²) in [5.41, 5.74) is 1.16. The zero-order chi connectivity index (χ0) is 18.4. The van der Waals surface area contributed by atoms with E-state index in [2.05, 4.69) is 15.4 Å². The van der Waals surface area contributed by atoms with E-state index in [1.165, 1.54) is 30.0 Å². The molecule has 1 N–H and O–H groups in total. The van der Waals surface area contributed by atoms with Crippen molar-refractivity contribution in [1.29, 1.82) is 0 Å². The smallest absolute Gasteiger partial charge is 0.269 e. The number of carbonyl (C=O) groups is 1. The van der Waals surface area contributed by atoms with Crippen LogP contribution >= 0.6 is 23.4 Å². The Morgan fingerprint density at radius 2 is 2.27 bits per heavy atom. The molecule has 0 bridgehead atoms. The molecule has 2 atom stereocenters. The number of ketones is 1. The number of Topliss-reactive ketones (excluding diaryl/α,β-unsaturated/α-hetero) is 1. The van der Waals surface area contributed by atoms with Gasteiger partial charge in [-0.3, -0.25) is 14.9 Å². The Bertz CT molecular complexity index is 957. The molecule has 0 spiro atoms. The van der Waals surface area contributed by atoms with Crippen molar-refractivity contribution in [1.82, 2.24) is 14.8 Å². The molecule has 0 amide bonds. The predicted molar refractivity (Wildman–Crippen MR) is 97.5 cm³/mol. The van der Waals surface area contributed by atoms with Gasteiger partial charge in [-0.15, -0.1) is 5.10 Å². The lowest BCUT2D eigenvalue weighted by molar-refractivity contribution is -0.384. The Hall–Kier alpha value is -2.39. The largest absolute Gasteiger partial charge is 0.328 e. The van der Waals surface area contributed by atoms with E-state index < -0.39 is 16.9 Å². The highest BCUT2D eigenvalue weighted by atomic mass is 35.5. The summed E-state index contributed by atoms with van der Waals surface area (Å²) in [5, 5.41) is 19.8. The molecule has 2 aromatic rings. The number of thioether (sulfide) groups is 1. The minimum Gasteiger partial charge on any atom is -0.328 e. The van der Waals surface area contributed by atoms with Crippen LogP contribution in [0, 0.1) is 16.0 Å². The summed E-state index contributed by atoms with van der Waals surface area (Å²) >= 11 is 7.76. The van der Waals surface area contributed by atoms with Gasteiger partial charge in [-0.05, 0) is 18.7 Å². The molecule has 0 unspecified atom stereocenters. The van der Waals surface area contributed by atoms with E-state index in [-0.39, 0.29) is 11.5 Å². The Morgan fingerprint density at radius 1 is 1.46 bits per heavy atom. The second kappa shape index (κ2) is 6.40. The highest BCUT2D eigenvalue weighted by Crippen LogP contribution is 2.44. The Balaban J connectivity index is 1.95. The molecular formula is C16H14ClN5O3S. The van der Waals surface area contributed by atoms with E-state index in [0.717, 1.165) is 5.70 Å². The second-order valence-corrected chi connectivity index (χ2v) is 7.22. The summed E-state index contributed by atoms with van der Waals surface area (Å²) in [6.45, 7) is 0. The van der Waals surface area contributed by atoms with E-state index in [9.17, 15) is 14.9 Å². The van der Waals surface area contributed by atoms with Gasteiger partial charge >= 0.3 is 0 Å². The Morgan fingerprint density at radius 3 is 3.00 bits per heavy atom. The maximum absolute atomic E-state index is 12.7. The van der Waals surface area contributed by atoms with Gasteiger partial charge in [0.1, 0.15) is 5.78 Å². The Labute approximate surface area is 157 Å². The summed E-state index contributed by atoms with van der Waals surface area (Å²) in [7, 11) is 0. The molecule has 2 aliphatic rings. The number of fused-ring (bicyclic) bond motifs is 2. The fourth-order valence-corrected chi connectivity index (χ4v) is 4.00.